The highest BCUT2D eigenvalue weighted by atomic mass is 32.2. The second-order valence-corrected chi connectivity index (χ2v) is 14.7. The van der Waals surface area contributed by atoms with Gasteiger partial charge in [-0.3, -0.25) is 9.59 Å². The smallest absolute Gasteiger partial charge is 0.269 e. The molecular weight excluding hydrogens is 681 g/mol. The van der Waals surface area contributed by atoms with Gasteiger partial charge in [0.15, 0.2) is 5.65 Å². The minimum Gasteiger partial charge on any atom is -0.495 e. The molecule has 0 saturated heterocycles. The van der Waals surface area contributed by atoms with Crippen molar-refractivity contribution in [1.29, 1.82) is 0 Å². The van der Waals surface area contributed by atoms with Gasteiger partial charge < -0.3 is 30.5 Å². The lowest BCUT2D eigenvalue weighted by atomic mass is 10.0. The molecule has 6 aromatic rings. The predicted molar refractivity (Wildman–Crippen MR) is 203 cm³/mol. The lowest BCUT2D eigenvalue weighted by molar-refractivity contribution is -0.119. The molecule has 1 aliphatic rings. The highest BCUT2D eigenvalue weighted by Gasteiger charge is 2.28. The van der Waals surface area contributed by atoms with Crippen LogP contribution in [0, 0.1) is 6.92 Å². The zero-order valence-corrected chi connectivity index (χ0v) is 30.2. The molecule has 52 heavy (non-hydrogen) atoms. The van der Waals surface area contributed by atoms with Crippen LogP contribution in [0.15, 0.2) is 90.0 Å². The van der Waals surface area contributed by atoms with E-state index in [2.05, 4.69) is 16.0 Å². The highest BCUT2D eigenvalue weighted by Crippen LogP contribution is 2.39. The van der Waals surface area contributed by atoms with E-state index in [4.69, 9.17) is 14.7 Å². The molecule has 2 amide bonds. The second-order valence-electron chi connectivity index (χ2n) is 12.9. The maximum Gasteiger partial charge on any atom is 0.269 e. The molecule has 13 nitrogen and oxygen atoms in total. The molecule has 0 fully saturated rings. The fourth-order valence-corrected chi connectivity index (χ4v) is 7.67. The number of aryl methyl sites for hydroxylation is 1. The van der Waals surface area contributed by atoms with Crippen LogP contribution in [-0.4, -0.2) is 80.4 Å². The number of hydrogen-bond acceptors (Lipinski definition) is 10. The molecule has 0 spiro atoms. The van der Waals surface area contributed by atoms with E-state index in [-0.39, 0.29) is 40.7 Å². The van der Waals surface area contributed by atoms with Crippen molar-refractivity contribution in [3.8, 4) is 5.75 Å². The van der Waals surface area contributed by atoms with Crippen molar-refractivity contribution in [3.05, 3.63) is 102 Å². The Morgan fingerprint density at radius 2 is 1.65 bits per heavy atom. The zero-order chi connectivity index (χ0) is 36.7. The van der Waals surface area contributed by atoms with Crippen molar-refractivity contribution in [2.75, 3.05) is 56.9 Å². The van der Waals surface area contributed by atoms with Gasteiger partial charge in [-0.25, -0.2) is 12.4 Å². The highest BCUT2D eigenvalue weighted by molar-refractivity contribution is 7.90. The van der Waals surface area contributed by atoms with Crippen molar-refractivity contribution >= 4 is 72.5 Å². The number of likely N-dealkylation sites (N-methyl/N-ethyl adjacent to an activating group) is 1. The van der Waals surface area contributed by atoms with Gasteiger partial charge in [-0.2, -0.15) is 9.97 Å². The average molecular weight is 719 g/mol. The Bertz CT molecular complexity index is 2480. The Hall–Kier alpha value is -5.99. The number of aromatic nitrogens is 3. The Labute approximate surface area is 301 Å². The molecule has 7 rings (SSSR count). The summed E-state index contributed by atoms with van der Waals surface area (Å²) in [6, 6.07) is 23.2. The van der Waals surface area contributed by atoms with E-state index in [1.165, 1.54) is 6.20 Å². The van der Waals surface area contributed by atoms with Crippen LogP contribution < -0.4 is 25.6 Å². The number of benzene rings is 4. The topological polar surface area (TPSA) is 151 Å². The summed E-state index contributed by atoms with van der Waals surface area (Å²) in [7, 11) is 2.71. The lowest BCUT2D eigenvalue weighted by Crippen LogP contribution is -2.36. The first kappa shape index (κ1) is 34.5. The number of rotatable bonds is 10. The summed E-state index contributed by atoms with van der Waals surface area (Å²) in [6.07, 6.45) is 2.11. The minimum atomic E-state index is -4.09. The van der Waals surface area contributed by atoms with Crippen LogP contribution in [0.3, 0.4) is 0 Å². The number of carbonyl (C=O) groups is 2. The Kier molecular flexibility index (Phi) is 9.02. The average Bonchev–Trinajstić information content (AvgIpc) is 3.75. The molecule has 0 aliphatic carbocycles. The number of hydrogen-bond donors (Lipinski definition) is 3. The summed E-state index contributed by atoms with van der Waals surface area (Å²) in [6.45, 7) is 2.67. The van der Waals surface area contributed by atoms with Gasteiger partial charge in [0, 0.05) is 25.5 Å². The first-order chi connectivity index (χ1) is 25.0. The number of fused-ring (bicyclic) bond motifs is 3. The van der Waals surface area contributed by atoms with E-state index in [9.17, 15) is 18.0 Å². The van der Waals surface area contributed by atoms with Gasteiger partial charge in [-0.15, -0.1) is 0 Å². The van der Waals surface area contributed by atoms with Crippen LogP contribution in [0.25, 0.3) is 21.8 Å². The Morgan fingerprint density at radius 1 is 0.923 bits per heavy atom. The number of nitrogens with zero attached hydrogens (tertiary/aromatic N) is 5. The number of nitrogens with one attached hydrogen (secondary N) is 3. The molecule has 0 saturated carbocycles. The molecular formula is C38H38N8O5S. The monoisotopic (exact) mass is 718 g/mol. The summed E-state index contributed by atoms with van der Waals surface area (Å²) >= 11 is 0. The van der Waals surface area contributed by atoms with Gasteiger partial charge in [0.25, 0.3) is 15.9 Å². The largest absolute Gasteiger partial charge is 0.495 e. The number of ether oxygens (including phenoxy) is 1. The third kappa shape index (κ3) is 6.37. The number of methoxy groups -OCH3 is 1. The van der Waals surface area contributed by atoms with E-state index in [1.807, 2.05) is 68.4 Å². The predicted octanol–water partition coefficient (Wildman–Crippen LogP) is 5.44. The normalized spacial score (nSPS) is 12.7. The van der Waals surface area contributed by atoms with Crippen LogP contribution >= 0.6 is 0 Å². The third-order valence-electron chi connectivity index (χ3n) is 8.99. The quantitative estimate of drug-likeness (QED) is 0.167. The number of carbonyl (C=O) groups excluding carboxylic acids is 2. The van der Waals surface area contributed by atoms with Crippen LogP contribution in [0.5, 0.6) is 5.75 Å². The molecule has 14 heteroatoms. The third-order valence-corrected chi connectivity index (χ3v) is 10.7. The van der Waals surface area contributed by atoms with Crippen LogP contribution in [0.2, 0.25) is 0 Å². The van der Waals surface area contributed by atoms with Gasteiger partial charge in [0.05, 0.1) is 40.9 Å². The first-order valence-electron chi connectivity index (χ1n) is 16.6. The van der Waals surface area contributed by atoms with E-state index in [0.29, 0.717) is 41.0 Å². The zero-order valence-electron chi connectivity index (χ0n) is 29.4. The van der Waals surface area contributed by atoms with E-state index >= 15 is 0 Å². The van der Waals surface area contributed by atoms with E-state index < -0.39 is 10.0 Å². The summed E-state index contributed by atoms with van der Waals surface area (Å²) in [5.74, 6) is 0.462. The molecule has 0 unspecified atom stereocenters. The van der Waals surface area contributed by atoms with E-state index in [0.717, 1.165) is 31.6 Å². The van der Waals surface area contributed by atoms with Crippen LogP contribution in [0.4, 0.5) is 28.8 Å². The molecule has 0 atom stereocenters. The molecule has 2 aromatic heterocycles. The van der Waals surface area contributed by atoms with Gasteiger partial charge in [-0.1, -0.05) is 42.0 Å². The fourth-order valence-electron chi connectivity index (χ4n) is 6.37. The standard InChI is InChI=1S/C38H38N8O5S/c1-23-10-12-27(13-11-23)52(49,50)46-17-15-28-35(40-30-19-25-9-7-6-8-24(25)18-29(30)37(48)39-2)42-38(43-36(28)46)41-31-21-32-26(20-33(31)51-5)14-16-45(32)34(47)22-44(3)4/h6-13,15,17-21H,14,16,22H2,1-5H3,(H,39,48)(H2,40,41,42,43). The minimum absolute atomic E-state index is 0.0366. The molecule has 266 valence electrons. The number of anilines is 5. The molecule has 3 heterocycles. The summed E-state index contributed by atoms with van der Waals surface area (Å²) in [5.41, 5.74) is 4.04. The molecule has 0 radical (unpaired) electrons. The van der Waals surface area contributed by atoms with Crippen molar-refractivity contribution in [1.82, 2.24) is 24.2 Å². The SMILES string of the molecule is CNC(=O)c1cc2ccccc2cc1Nc1nc(Nc2cc3c(cc2OC)CCN3C(=O)CN(C)C)nc2c1ccn2S(=O)(=O)c1ccc(C)cc1. The molecule has 0 bridgehead atoms. The Morgan fingerprint density at radius 3 is 2.35 bits per heavy atom. The Balaban J connectivity index is 1.39. The van der Waals surface area contributed by atoms with Crippen molar-refractivity contribution in [2.45, 2.75) is 18.2 Å². The van der Waals surface area contributed by atoms with Crippen LogP contribution in [0.1, 0.15) is 21.5 Å². The molecule has 4 aromatic carbocycles. The van der Waals surface area contributed by atoms with E-state index in [1.54, 1.807) is 55.5 Å². The summed E-state index contributed by atoms with van der Waals surface area (Å²) in [4.78, 5) is 39.5. The van der Waals surface area contributed by atoms with Gasteiger partial charge in [0.2, 0.25) is 11.9 Å². The molecule has 3 N–H and O–H groups in total. The second kappa shape index (κ2) is 13.6. The van der Waals surface area contributed by atoms with Crippen molar-refractivity contribution in [2.24, 2.45) is 0 Å². The van der Waals surface area contributed by atoms with Gasteiger partial charge >= 0.3 is 0 Å². The first-order valence-corrected chi connectivity index (χ1v) is 18.1. The summed E-state index contributed by atoms with van der Waals surface area (Å²) in [5, 5.41) is 11.4. The number of amides is 2. The summed E-state index contributed by atoms with van der Waals surface area (Å²) < 4.78 is 35.0. The fraction of sp³-hybridized carbons (Fsp3) is 0.211. The maximum absolute atomic E-state index is 14.0. The molecule has 1 aliphatic heterocycles. The van der Waals surface area contributed by atoms with Crippen molar-refractivity contribution < 1.29 is 22.7 Å². The lowest BCUT2D eigenvalue weighted by Gasteiger charge is -2.21. The maximum atomic E-state index is 14.0. The van der Waals surface area contributed by atoms with Gasteiger partial charge in [0.1, 0.15) is 11.6 Å². The van der Waals surface area contributed by atoms with Gasteiger partial charge in [-0.05, 0) is 86.2 Å². The van der Waals surface area contributed by atoms with Crippen molar-refractivity contribution in [3.63, 3.8) is 0 Å². The van der Waals surface area contributed by atoms with Crippen LogP contribution in [-0.2, 0) is 21.2 Å².